The van der Waals surface area contributed by atoms with Crippen molar-refractivity contribution in [3.05, 3.63) is 26.9 Å². The van der Waals surface area contributed by atoms with E-state index in [2.05, 4.69) is 20.9 Å². The molecule has 0 aromatic carbocycles. The van der Waals surface area contributed by atoms with Gasteiger partial charge >= 0.3 is 0 Å². The summed E-state index contributed by atoms with van der Waals surface area (Å²) in [6.07, 6.45) is 5.45. The van der Waals surface area contributed by atoms with Crippen LogP contribution in [0.2, 0.25) is 0 Å². The molecule has 1 aromatic heterocycles. The van der Waals surface area contributed by atoms with Crippen LogP contribution in [0, 0.1) is 10.1 Å². The first kappa shape index (κ1) is 14.2. The van der Waals surface area contributed by atoms with Gasteiger partial charge in [-0.2, -0.15) is 0 Å². The van der Waals surface area contributed by atoms with Crippen molar-refractivity contribution in [1.82, 2.24) is 4.98 Å². The largest absolute Gasteiger partial charge is 0.394 e. The number of hydrogen-bond acceptors (Lipinski definition) is 5. The van der Waals surface area contributed by atoms with Crippen LogP contribution in [0.1, 0.15) is 25.7 Å². The van der Waals surface area contributed by atoms with Crippen molar-refractivity contribution in [2.45, 2.75) is 31.7 Å². The highest BCUT2D eigenvalue weighted by molar-refractivity contribution is 9.10. The average molecular weight is 330 g/mol. The molecule has 1 unspecified atom stereocenters. The van der Waals surface area contributed by atoms with Gasteiger partial charge in [0.15, 0.2) is 0 Å². The van der Waals surface area contributed by atoms with E-state index < -0.39 is 4.92 Å². The maximum atomic E-state index is 10.7. The molecule has 1 aromatic rings. The molecule has 0 amide bonds. The minimum Gasteiger partial charge on any atom is -0.394 e. The molecule has 104 valence electrons. The maximum Gasteiger partial charge on any atom is 0.288 e. The highest BCUT2D eigenvalue weighted by atomic mass is 79.9. The van der Waals surface area contributed by atoms with E-state index in [4.69, 9.17) is 0 Å². The predicted octanol–water partition coefficient (Wildman–Crippen LogP) is 2.49. The monoisotopic (exact) mass is 329 g/mol. The van der Waals surface area contributed by atoms with Crippen molar-refractivity contribution in [1.29, 1.82) is 0 Å². The first-order valence-electron chi connectivity index (χ1n) is 6.31. The summed E-state index contributed by atoms with van der Waals surface area (Å²) in [4.78, 5) is 16.5. The van der Waals surface area contributed by atoms with Crippen molar-refractivity contribution >= 4 is 27.4 Å². The Kier molecular flexibility index (Phi) is 4.71. The van der Waals surface area contributed by atoms with Gasteiger partial charge in [-0.1, -0.05) is 12.8 Å². The molecular weight excluding hydrogens is 314 g/mol. The SMILES string of the molecule is O=[N+]([O-])c1cnc(N2CCCCCC2CO)c(Br)c1. The summed E-state index contributed by atoms with van der Waals surface area (Å²) >= 11 is 3.34. The van der Waals surface area contributed by atoms with Gasteiger partial charge in [0.2, 0.25) is 0 Å². The molecule has 0 radical (unpaired) electrons. The Hall–Kier alpha value is -1.21. The lowest BCUT2D eigenvalue weighted by Crippen LogP contribution is -2.38. The van der Waals surface area contributed by atoms with Gasteiger partial charge < -0.3 is 10.0 Å². The number of aliphatic hydroxyl groups is 1. The lowest BCUT2D eigenvalue weighted by molar-refractivity contribution is -0.385. The summed E-state index contributed by atoms with van der Waals surface area (Å²) in [5, 5.41) is 20.2. The molecule has 1 aliphatic heterocycles. The second-order valence-corrected chi connectivity index (χ2v) is 5.49. The zero-order valence-corrected chi connectivity index (χ0v) is 12.0. The van der Waals surface area contributed by atoms with Crippen molar-refractivity contribution in [3.63, 3.8) is 0 Å². The number of aliphatic hydroxyl groups excluding tert-OH is 1. The normalized spacial score (nSPS) is 20.1. The van der Waals surface area contributed by atoms with Crippen molar-refractivity contribution < 1.29 is 10.0 Å². The van der Waals surface area contributed by atoms with E-state index in [1.165, 1.54) is 12.3 Å². The Bertz CT molecular complexity index is 470. The Balaban J connectivity index is 2.30. The van der Waals surface area contributed by atoms with Crippen LogP contribution in [0.5, 0.6) is 0 Å². The third-order valence-corrected chi connectivity index (χ3v) is 3.96. The van der Waals surface area contributed by atoms with E-state index in [9.17, 15) is 15.2 Å². The van der Waals surface area contributed by atoms with Crippen LogP contribution in [0.15, 0.2) is 16.7 Å². The highest BCUT2D eigenvalue weighted by Gasteiger charge is 2.24. The second-order valence-electron chi connectivity index (χ2n) is 4.64. The fourth-order valence-corrected chi connectivity index (χ4v) is 2.94. The Morgan fingerprint density at radius 2 is 2.32 bits per heavy atom. The quantitative estimate of drug-likeness (QED) is 0.680. The molecule has 0 aliphatic carbocycles. The van der Waals surface area contributed by atoms with Crippen LogP contribution < -0.4 is 4.90 Å². The van der Waals surface area contributed by atoms with Crippen LogP contribution in [-0.2, 0) is 0 Å². The van der Waals surface area contributed by atoms with E-state index in [0.29, 0.717) is 10.3 Å². The highest BCUT2D eigenvalue weighted by Crippen LogP contribution is 2.31. The van der Waals surface area contributed by atoms with Gasteiger partial charge in [0.25, 0.3) is 5.69 Å². The van der Waals surface area contributed by atoms with Gasteiger partial charge in [0.05, 0.1) is 22.0 Å². The fraction of sp³-hybridized carbons (Fsp3) is 0.583. The smallest absolute Gasteiger partial charge is 0.288 e. The number of pyridine rings is 1. The fourth-order valence-electron chi connectivity index (χ4n) is 2.38. The van der Waals surface area contributed by atoms with E-state index in [1.807, 2.05) is 4.90 Å². The molecule has 7 heteroatoms. The predicted molar refractivity (Wildman–Crippen MR) is 75.3 cm³/mol. The number of rotatable bonds is 3. The summed E-state index contributed by atoms with van der Waals surface area (Å²) in [5.74, 6) is 0.673. The molecular formula is C12H16BrN3O3. The summed E-state index contributed by atoms with van der Waals surface area (Å²) in [5.41, 5.74) is -0.0361. The van der Waals surface area contributed by atoms with E-state index in [1.54, 1.807) is 0 Å². The summed E-state index contributed by atoms with van der Waals surface area (Å²) in [7, 11) is 0. The number of nitrogens with zero attached hydrogens (tertiary/aromatic N) is 3. The third kappa shape index (κ3) is 3.22. The summed E-state index contributed by atoms with van der Waals surface area (Å²) in [6.45, 7) is 0.889. The molecule has 1 N–H and O–H groups in total. The molecule has 6 nitrogen and oxygen atoms in total. The zero-order chi connectivity index (χ0) is 13.8. The maximum absolute atomic E-state index is 10.7. The summed E-state index contributed by atoms with van der Waals surface area (Å²) in [6, 6.07) is 1.49. The molecule has 1 fully saturated rings. The topological polar surface area (TPSA) is 79.5 Å². The molecule has 1 aliphatic rings. The number of nitro groups is 1. The Labute approximate surface area is 119 Å². The second kappa shape index (κ2) is 6.29. The first-order chi connectivity index (χ1) is 9.13. The van der Waals surface area contributed by atoms with Gasteiger partial charge in [-0.25, -0.2) is 4.98 Å². The molecule has 0 saturated carbocycles. The number of hydrogen-bond donors (Lipinski definition) is 1. The molecule has 0 bridgehead atoms. The van der Waals surface area contributed by atoms with Crippen molar-refractivity contribution in [3.8, 4) is 0 Å². The van der Waals surface area contributed by atoms with Crippen molar-refractivity contribution in [2.75, 3.05) is 18.1 Å². The molecule has 1 saturated heterocycles. The Morgan fingerprint density at radius 3 is 2.95 bits per heavy atom. The number of aromatic nitrogens is 1. The summed E-state index contributed by atoms with van der Waals surface area (Å²) < 4.78 is 0.599. The van der Waals surface area contributed by atoms with Gasteiger partial charge in [-0.3, -0.25) is 10.1 Å². The molecule has 2 rings (SSSR count). The van der Waals surface area contributed by atoms with Gasteiger partial charge in [0, 0.05) is 12.6 Å². The molecule has 0 spiro atoms. The molecule has 2 heterocycles. The lowest BCUT2D eigenvalue weighted by Gasteiger charge is -2.30. The molecule has 19 heavy (non-hydrogen) atoms. The van der Waals surface area contributed by atoms with Crippen LogP contribution in [0.4, 0.5) is 11.5 Å². The van der Waals surface area contributed by atoms with Crippen LogP contribution >= 0.6 is 15.9 Å². The van der Waals surface area contributed by atoms with E-state index in [-0.39, 0.29) is 18.3 Å². The van der Waals surface area contributed by atoms with Crippen molar-refractivity contribution in [2.24, 2.45) is 0 Å². The minimum absolute atomic E-state index is 0.0350. The average Bonchev–Trinajstić information content (AvgIpc) is 2.63. The van der Waals surface area contributed by atoms with E-state index >= 15 is 0 Å². The number of halogens is 1. The minimum atomic E-state index is -0.465. The van der Waals surface area contributed by atoms with Gasteiger partial charge in [0.1, 0.15) is 12.0 Å². The van der Waals surface area contributed by atoms with Crippen LogP contribution in [0.25, 0.3) is 0 Å². The standard InChI is InChI=1S/C12H16BrN3O3/c13-11-6-10(16(18)19)7-14-12(11)15-5-3-1-2-4-9(15)8-17/h6-7,9,17H,1-5,8H2. The van der Waals surface area contributed by atoms with Gasteiger partial charge in [-0.05, 0) is 28.8 Å². The van der Waals surface area contributed by atoms with Gasteiger partial charge in [-0.15, -0.1) is 0 Å². The third-order valence-electron chi connectivity index (χ3n) is 3.38. The van der Waals surface area contributed by atoms with Crippen LogP contribution in [-0.4, -0.2) is 34.2 Å². The lowest BCUT2D eigenvalue weighted by atomic mass is 10.1. The zero-order valence-electron chi connectivity index (χ0n) is 10.5. The number of anilines is 1. The first-order valence-corrected chi connectivity index (χ1v) is 7.10. The molecule has 1 atom stereocenters. The Morgan fingerprint density at radius 1 is 1.53 bits per heavy atom. The van der Waals surface area contributed by atoms with Crippen LogP contribution in [0.3, 0.4) is 0 Å². The van der Waals surface area contributed by atoms with E-state index in [0.717, 1.165) is 32.2 Å².